The van der Waals surface area contributed by atoms with E-state index in [1.807, 2.05) is 47.8 Å². The van der Waals surface area contributed by atoms with Gasteiger partial charge in [-0.05, 0) is 17.0 Å². The van der Waals surface area contributed by atoms with Gasteiger partial charge in [0.1, 0.15) is 12.2 Å². The van der Waals surface area contributed by atoms with Crippen LogP contribution in [0.3, 0.4) is 0 Å². The predicted octanol–water partition coefficient (Wildman–Crippen LogP) is 3.18. The smallest absolute Gasteiger partial charge is 0.255 e. The lowest BCUT2D eigenvalue weighted by atomic mass is 10.1. The maximum Gasteiger partial charge on any atom is 0.255 e. The number of hydrogen-bond donors (Lipinski definition) is 1. The van der Waals surface area contributed by atoms with Gasteiger partial charge in [-0.15, -0.1) is 11.3 Å². The van der Waals surface area contributed by atoms with E-state index >= 15 is 0 Å². The molecule has 1 aromatic carbocycles. The average molecular weight is 308 g/mol. The molecule has 1 saturated heterocycles. The highest BCUT2D eigenvalue weighted by Crippen LogP contribution is 2.34. The maximum absolute atomic E-state index is 12.8. The second-order valence-electron chi connectivity index (χ2n) is 4.81. The Hall–Kier alpha value is -1.79. The molecule has 1 aromatic heterocycles. The largest absolute Gasteiger partial charge is 0.315 e. The van der Waals surface area contributed by atoms with Crippen molar-refractivity contribution in [3.05, 3.63) is 58.3 Å². The van der Waals surface area contributed by atoms with Gasteiger partial charge in [0.25, 0.3) is 6.43 Å². The molecule has 2 atom stereocenters. The molecule has 0 bridgehead atoms. The van der Waals surface area contributed by atoms with Gasteiger partial charge >= 0.3 is 0 Å². The molecule has 2 heterocycles. The van der Waals surface area contributed by atoms with E-state index in [0.29, 0.717) is 0 Å². The third-order valence-corrected chi connectivity index (χ3v) is 4.37. The van der Waals surface area contributed by atoms with Crippen molar-refractivity contribution in [3.63, 3.8) is 0 Å². The van der Waals surface area contributed by atoms with Crippen LogP contribution in [-0.4, -0.2) is 23.8 Å². The molecule has 1 aliphatic rings. The van der Waals surface area contributed by atoms with Gasteiger partial charge in [0.05, 0.1) is 6.54 Å². The van der Waals surface area contributed by atoms with Crippen molar-refractivity contribution in [1.29, 1.82) is 0 Å². The van der Waals surface area contributed by atoms with Crippen LogP contribution >= 0.6 is 11.3 Å². The number of benzene rings is 1. The fourth-order valence-corrected chi connectivity index (χ4v) is 3.32. The fourth-order valence-electron chi connectivity index (χ4n) is 2.52. The average Bonchev–Trinajstić information content (AvgIpc) is 3.09. The Labute approximate surface area is 125 Å². The molecule has 21 heavy (non-hydrogen) atoms. The van der Waals surface area contributed by atoms with Crippen LogP contribution in [0.1, 0.15) is 22.6 Å². The Balaban J connectivity index is 1.91. The SMILES string of the molecule is O=C1C(c2ccccc2)NC(c2cccs2)N1CC(F)F. The molecule has 3 nitrogen and oxygen atoms in total. The number of halogens is 2. The number of nitrogens with one attached hydrogen (secondary N) is 1. The van der Waals surface area contributed by atoms with Crippen LogP contribution in [0, 0.1) is 0 Å². The lowest BCUT2D eigenvalue weighted by Gasteiger charge is -2.22. The quantitative estimate of drug-likeness (QED) is 0.941. The number of carbonyl (C=O) groups excluding carboxylic acids is 1. The van der Waals surface area contributed by atoms with Crippen molar-refractivity contribution in [2.24, 2.45) is 0 Å². The van der Waals surface area contributed by atoms with Gasteiger partial charge in [0.2, 0.25) is 5.91 Å². The molecule has 110 valence electrons. The molecule has 1 amide bonds. The first-order valence-electron chi connectivity index (χ1n) is 6.60. The number of amides is 1. The van der Waals surface area contributed by atoms with Crippen molar-refractivity contribution in [1.82, 2.24) is 10.2 Å². The van der Waals surface area contributed by atoms with Crippen LogP contribution < -0.4 is 5.32 Å². The second-order valence-corrected chi connectivity index (χ2v) is 5.79. The first-order chi connectivity index (χ1) is 10.2. The highest BCUT2D eigenvalue weighted by Gasteiger charge is 2.41. The van der Waals surface area contributed by atoms with Crippen LogP contribution in [0.4, 0.5) is 8.78 Å². The molecule has 0 saturated carbocycles. The topological polar surface area (TPSA) is 32.3 Å². The van der Waals surface area contributed by atoms with E-state index in [9.17, 15) is 13.6 Å². The van der Waals surface area contributed by atoms with E-state index in [0.717, 1.165) is 10.4 Å². The molecule has 6 heteroatoms. The zero-order chi connectivity index (χ0) is 14.8. The van der Waals surface area contributed by atoms with Gasteiger partial charge in [-0.3, -0.25) is 10.1 Å². The first-order valence-corrected chi connectivity index (χ1v) is 7.48. The van der Waals surface area contributed by atoms with E-state index < -0.39 is 25.2 Å². The Morgan fingerprint density at radius 3 is 2.57 bits per heavy atom. The highest BCUT2D eigenvalue weighted by atomic mass is 32.1. The Morgan fingerprint density at radius 1 is 1.19 bits per heavy atom. The van der Waals surface area contributed by atoms with Crippen molar-refractivity contribution in [3.8, 4) is 0 Å². The molecule has 0 spiro atoms. The summed E-state index contributed by atoms with van der Waals surface area (Å²) in [6, 6.07) is 12.3. The second kappa shape index (κ2) is 5.91. The standard InChI is InChI=1S/C15H14F2N2OS/c16-12(17)9-19-14(11-7-4-8-21-11)18-13(15(19)20)10-5-2-1-3-6-10/h1-8,12-14,18H,9H2. The summed E-state index contributed by atoms with van der Waals surface area (Å²) in [5.41, 5.74) is 0.792. The Morgan fingerprint density at radius 2 is 1.95 bits per heavy atom. The van der Waals surface area contributed by atoms with Crippen molar-refractivity contribution in [2.45, 2.75) is 18.6 Å². The summed E-state index contributed by atoms with van der Waals surface area (Å²) in [4.78, 5) is 14.6. The number of thiophene rings is 1. The minimum Gasteiger partial charge on any atom is -0.315 e. The normalized spacial score (nSPS) is 22.2. The molecule has 1 fully saturated rings. The van der Waals surface area contributed by atoms with Gasteiger partial charge in [-0.25, -0.2) is 8.78 Å². The summed E-state index contributed by atoms with van der Waals surface area (Å²) in [6.45, 7) is -0.558. The van der Waals surface area contributed by atoms with Crippen LogP contribution in [-0.2, 0) is 4.79 Å². The van der Waals surface area contributed by atoms with E-state index in [-0.39, 0.29) is 5.91 Å². The summed E-state index contributed by atoms with van der Waals surface area (Å²) >= 11 is 1.45. The van der Waals surface area contributed by atoms with Crippen LogP contribution in [0.15, 0.2) is 47.8 Å². The number of nitrogens with zero attached hydrogens (tertiary/aromatic N) is 1. The monoisotopic (exact) mass is 308 g/mol. The summed E-state index contributed by atoms with van der Waals surface area (Å²) in [5, 5.41) is 5.04. The molecule has 1 N–H and O–H groups in total. The summed E-state index contributed by atoms with van der Waals surface area (Å²) in [7, 11) is 0. The lowest BCUT2D eigenvalue weighted by Crippen LogP contribution is -2.34. The molecule has 0 aliphatic carbocycles. The predicted molar refractivity (Wildman–Crippen MR) is 77.1 cm³/mol. The molecule has 1 aliphatic heterocycles. The van der Waals surface area contributed by atoms with Crippen LogP contribution in [0.5, 0.6) is 0 Å². The summed E-state index contributed by atoms with van der Waals surface area (Å²) in [6.07, 6.45) is -3.04. The summed E-state index contributed by atoms with van der Waals surface area (Å²) < 4.78 is 25.6. The van der Waals surface area contributed by atoms with Gasteiger partial charge < -0.3 is 4.90 Å². The Kier molecular flexibility index (Phi) is 3.98. The van der Waals surface area contributed by atoms with Crippen molar-refractivity contribution in [2.75, 3.05) is 6.54 Å². The number of carbonyl (C=O) groups is 1. The van der Waals surface area contributed by atoms with E-state index in [2.05, 4.69) is 5.32 Å². The van der Waals surface area contributed by atoms with Gasteiger partial charge in [0.15, 0.2) is 0 Å². The molecule has 0 radical (unpaired) electrons. The third kappa shape index (κ3) is 2.82. The maximum atomic E-state index is 12.8. The third-order valence-electron chi connectivity index (χ3n) is 3.45. The number of hydrogen-bond acceptors (Lipinski definition) is 3. The minimum atomic E-state index is -2.55. The zero-order valence-corrected chi connectivity index (χ0v) is 11.9. The van der Waals surface area contributed by atoms with E-state index in [1.54, 1.807) is 0 Å². The Bertz CT molecular complexity index is 603. The van der Waals surface area contributed by atoms with Gasteiger partial charge in [0, 0.05) is 4.88 Å². The molecule has 3 rings (SSSR count). The number of alkyl halides is 2. The molecular weight excluding hydrogens is 294 g/mol. The zero-order valence-electron chi connectivity index (χ0n) is 11.1. The van der Waals surface area contributed by atoms with Gasteiger partial charge in [-0.1, -0.05) is 36.4 Å². The minimum absolute atomic E-state index is 0.306. The van der Waals surface area contributed by atoms with Gasteiger partial charge in [-0.2, -0.15) is 0 Å². The van der Waals surface area contributed by atoms with Crippen LogP contribution in [0.25, 0.3) is 0 Å². The van der Waals surface area contributed by atoms with Crippen molar-refractivity contribution < 1.29 is 13.6 Å². The fraction of sp³-hybridized carbons (Fsp3) is 0.267. The number of rotatable bonds is 4. The highest BCUT2D eigenvalue weighted by molar-refractivity contribution is 7.10. The molecule has 2 aromatic rings. The van der Waals surface area contributed by atoms with Crippen LogP contribution in [0.2, 0.25) is 0 Å². The van der Waals surface area contributed by atoms with E-state index in [1.165, 1.54) is 16.2 Å². The lowest BCUT2D eigenvalue weighted by molar-refractivity contribution is -0.132. The molecule has 2 unspecified atom stereocenters. The summed E-state index contributed by atoms with van der Waals surface area (Å²) in [5.74, 6) is -0.306. The van der Waals surface area contributed by atoms with E-state index in [4.69, 9.17) is 0 Å². The molecular formula is C15H14F2N2OS. The van der Waals surface area contributed by atoms with Crippen molar-refractivity contribution >= 4 is 17.2 Å². The first kappa shape index (κ1) is 14.2.